The number of nitriles is 1. The largest absolute Gasteiger partial charge is 0.198 e. The fraction of sp³-hybridized carbons (Fsp3) is 0.417. The molecular weight excluding hydrogens is 158 g/mol. The van der Waals surface area contributed by atoms with Crippen LogP contribution in [0.25, 0.3) is 0 Å². The third kappa shape index (κ3) is 1.33. The Bertz CT molecular complexity index is 375. The van der Waals surface area contributed by atoms with Gasteiger partial charge in [0.1, 0.15) is 0 Å². The monoisotopic (exact) mass is 171 g/mol. The Kier molecular flexibility index (Phi) is 1.66. The van der Waals surface area contributed by atoms with Crippen molar-refractivity contribution in [3.05, 3.63) is 35.4 Å². The van der Waals surface area contributed by atoms with Crippen LogP contribution in [0.2, 0.25) is 0 Å². The van der Waals surface area contributed by atoms with Gasteiger partial charge in [-0.1, -0.05) is 29.8 Å². The number of rotatable bonds is 1. The lowest BCUT2D eigenvalue weighted by Crippen LogP contribution is -1.92. The molecular formula is C12H13N. The minimum Gasteiger partial charge on any atom is -0.198 e. The first-order valence-corrected chi connectivity index (χ1v) is 4.63. The minimum atomic E-state index is -0.0895. The molecule has 1 nitrogen and oxygen atoms in total. The van der Waals surface area contributed by atoms with Crippen LogP contribution in [0.15, 0.2) is 24.3 Å². The normalized spacial score (nSPS) is 31.0. The summed E-state index contributed by atoms with van der Waals surface area (Å²) in [5.74, 6) is 0.470. The van der Waals surface area contributed by atoms with Gasteiger partial charge in [-0.25, -0.2) is 0 Å². The van der Waals surface area contributed by atoms with Crippen molar-refractivity contribution in [1.29, 1.82) is 5.26 Å². The highest BCUT2D eigenvalue weighted by Crippen LogP contribution is 2.58. The van der Waals surface area contributed by atoms with Crippen LogP contribution in [0.3, 0.4) is 0 Å². The summed E-state index contributed by atoms with van der Waals surface area (Å²) in [6.07, 6.45) is 1.02. The molecule has 0 spiro atoms. The summed E-state index contributed by atoms with van der Waals surface area (Å²) >= 11 is 0. The van der Waals surface area contributed by atoms with Crippen molar-refractivity contribution >= 4 is 0 Å². The van der Waals surface area contributed by atoms with Gasteiger partial charge in [-0.15, -0.1) is 0 Å². The number of nitrogens with zero attached hydrogens (tertiary/aromatic N) is 1. The molecule has 2 atom stereocenters. The second-order valence-corrected chi connectivity index (χ2v) is 4.20. The van der Waals surface area contributed by atoms with E-state index in [2.05, 4.69) is 37.3 Å². The van der Waals surface area contributed by atoms with E-state index < -0.39 is 0 Å². The molecule has 1 aliphatic rings. The maximum Gasteiger partial charge on any atom is 0.0693 e. The van der Waals surface area contributed by atoms with E-state index in [1.54, 1.807) is 0 Å². The Labute approximate surface area is 79.0 Å². The van der Waals surface area contributed by atoms with Gasteiger partial charge in [0.25, 0.3) is 0 Å². The van der Waals surface area contributed by atoms with E-state index in [1.807, 2.05) is 6.92 Å². The molecule has 0 heterocycles. The SMILES string of the molecule is Cc1cccc(C2CC2(C)C#N)c1. The van der Waals surface area contributed by atoms with E-state index in [0.717, 1.165) is 6.42 Å². The molecule has 2 unspecified atom stereocenters. The summed E-state index contributed by atoms with van der Waals surface area (Å²) in [4.78, 5) is 0. The molecule has 0 saturated heterocycles. The van der Waals surface area contributed by atoms with E-state index >= 15 is 0 Å². The molecule has 0 N–H and O–H groups in total. The fourth-order valence-corrected chi connectivity index (χ4v) is 1.86. The lowest BCUT2D eigenvalue weighted by atomic mass is 10.0. The highest BCUT2D eigenvalue weighted by Gasteiger charge is 2.51. The van der Waals surface area contributed by atoms with Gasteiger partial charge < -0.3 is 0 Å². The first kappa shape index (κ1) is 8.31. The van der Waals surface area contributed by atoms with Crippen LogP contribution in [-0.4, -0.2) is 0 Å². The lowest BCUT2D eigenvalue weighted by molar-refractivity contribution is 0.727. The first-order chi connectivity index (χ1) is 6.15. The smallest absolute Gasteiger partial charge is 0.0693 e. The zero-order valence-corrected chi connectivity index (χ0v) is 8.04. The summed E-state index contributed by atoms with van der Waals surface area (Å²) < 4.78 is 0. The van der Waals surface area contributed by atoms with E-state index in [0.29, 0.717) is 5.92 Å². The molecule has 0 radical (unpaired) electrons. The molecule has 2 rings (SSSR count). The number of hydrogen-bond acceptors (Lipinski definition) is 1. The van der Waals surface area contributed by atoms with Gasteiger partial charge in [0.05, 0.1) is 11.5 Å². The van der Waals surface area contributed by atoms with Crippen LogP contribution in [0.4, 0.5) is 0 Å². The molecule has 1 aliphatic carbocycles. The van der Waals surface area contributed by atoms with Crippen LogP contribution in [0.5, 0.6) is 0 Å². The maximum atomic E-state index is 8.92. The quantitative estimate of drug-likeness (QED) is 0.637. The van der Waals surface area contributed by atoms with Crippen LogP contribution >= 0.6 is 0 Å². The second kappa shape index (κ2) is 2.60. The summed E-state index contributed by atoms with van der Waals surface area (Å²) in [7, 11) is 0. The molecule has 0 aliphatic heterocycles. The molecule has 66 valence electrons. The number of aryl methyl sites for hydroxylation is 1. The second-order valence-electron chi connectivity index (χ2n) is 4.20. The van der Waals surface area contributed by atoms with Crippen molar-refractivity contribution in [2.24, 2.45) is 5.41 Å². The van der Waals surface area contributed by atoms with Crippen LogP contribution in [0, 0.1) is 23.7 Å². The van der Waals surface area contributed by atoms with Gasteiger partial charge in [0.15, 0.2) is 0 Å². The number of hydrogen-bond donors (Lipinski definition) is 0. The van der Waals surface area contributed by atoms with E-state index in [4.69, 9.17) is 5.26 Å². The highest BCUT2D eigenvalue weighted by atomic mass is 14.5. The third-order valence-corrected chi connectivity index (χ3v) is 2.94. The standard InChI is InChI=1S/C12H13N/c1-9-4-3-5-10(6-9)11-7-12(11,2)8-13/h3-6,11H,7H2,1-2H3. The molecule has 1 aromatic carbocycles. The topological polar surface area (TPSA) is 23.8 Å². The first-order valence-electron chi connectivity index (χ1n) is 4.63. The molecule has 13 heavy (non-hydrogen) atoms. The van der Waals surface area contributed by atoms with Crippen LogP contribution in [0.1, 0.15) is 30.4 Å². The van der Waals surface area contributed by atoms with Crippen molar-refractivity contribution in [1.82, 2.24) is 0 Å². The summed E-state index contributed by atoms with van der Waals surface area (Å²) in [5, 5.41) is 8.92. The van der Waals surface area contributed by atoms with E-state index in [-0.39, 0.29) is 5.41 Å². The third-order valence-electron chi connectivity index (χ3n) is 2.94. The summed E-state index contributed by atoms with van der Waals surface area (Å²) in [5.41, 5.74) is 2.52. The van der Waals surface area contributed by atoms with Crippen molar-refractivity contribution in [3.8, 4) is 6.07 Å². The summed E-state index contributed by atoms with van der Waals surface area (Å²) in [6.45, 7) is 4.13. The van der Waals surface area contributed by atoms with Crippen molar-refractivity contribution < 1.29 is 0 Å². The minimum absolute atomic E-state index is 0.0895. The Hall–Kier alpha value is -1.29. The lowest BCUT2D eigenvalue weighted by Gasteiger charge is -2.02. The van der Waals surface area contributed by atoms with Gasteiger partial charge in [0.2, 0.25) is 0 Å². The Morgan fingerprint density at radius 2 is 2.31 bits per heavy atom. The molecule has 1 saturated carbocycles. The van der Waals surface area contributed by atoms with Crippen LogP contribution in [-0.2, 0) is 0 Å². The zero-order chi connectivity index (χ0) is 9.47. The number of benzene rings is 1. The van der Waals surface area contributed by atoms with Crippen LogP contribution < -0.4 is 0 Å². The average Bonchev–Trinajstić information content (AvgIpc) is 2.79. The molecule has 0 bridgehead atoms. The molecule has 1 fully saturated rings. The molecule has 0 aromatic heterocycles. The van der Waals surface area contributed by atoms with Gasteiger partial charge >= 0.3 is 0 Å². The van der Waals surface area contributed by atoms with Gasteiger partial charge in [-0.2, -0.15) is 5.26 Å². The Morgan fingerprint density at radius 1 is 1.54 bits per heavy atom. The predicted octanol–water partition coefficient (Wildman–Crippen LogP) is 3.01. The maximum absolute atomic E-state index is 8.92. The highest BCUT2D eigenvalue weighted by molar-refractivity contribution is 5.35. The molecule has 1 heteroatoms. The van der Waals surface area contributed by atoms with Crippen molar-refractivity contribution in [3.63, 3.8) is 0 Å². The van der Waals surface area contributed by atoms with Crippen molar-refractivity contribution in [2.45, 2.75) is 26.2 Å². The van der Waals surface area contributed by atoms with Crippen molar-refractivity contribution in [2.75, 3.05) is 0 Å². The molecule has 0 amide bonds. The average molecular weight is 171 g/mol. The van der Waals surface area contributed by atoms with Gasteiger partial charge in [-0.3, -0.25) is 0 Å². The van der Waals surface area contributed by atoms with E-state index in [9.17, 15) is 0 Å². The van der Waals surface area contributed by atoms with Gasteiger partial charge in [-0.05, 0) is 25.8 Å². The fourth-order valence-electron chi connectivity index (χ4n) is 1.86. The van der Waals surface area contributed by atoms with Gasteiger partial charge in [0, 0.05) is 5.92 Å². The zero-order valence-electron chi connectivity index (χ0n) is 8.04. The predicted molar refractivity (Wildman–Crippen MR) is 52.3 cm³/mol. The Balaban J connectivity index is 2.27. The Morgan fingerprint density at radius 3 is 2.85 bits per heavy atom. The van der Waals surface area contributed by atoms with E-state index in [1.165, 1.54) is 11.1 Å². The summed E-state index contributed by atoms with van der Waals surface area (Å²) in [6, 6.07) is 10.9. The molecule has 1 aromatic rings.